The molecule has 1 aromatic rings. The van der Waals surface area contributed by atoms with Crippen LogP contribution in [0.5, 0.6) is 0 Å². The molecule has 0 saturated carbocycles. The van der Waals surface area contributed by atoms with E-state index in [1.165, 1.54) is 6.07 Å². The smallest absolute Gasteiger partial charge is 0.164 e. The van der Waals surface area contributed by atoms with Crippen LogP contribution >= 0.6 is 11.6 Å². The van der Waals surface area contributed by atoms with Gasteiger partial charge in [0.2, 0.25) is 0 Å². The summed E-state index contributed by atoms with van der Waals surface area (Å²) in [4.78, 5) is 0. The summed E-state index contributed by atoms with van der Waals surface area (Å²) >= 11 is 5.66. The standard InChI is InChI=1S/C11H15ClFNO/c1-7(8(2)15-3)14-10-6-4-5-9(12)11(10)13/h4-8,14H,1-3H3. The first-order chi connectivity index (χ1) is 7.06. The molecule has 1 aromatic carbocycles. The van der Waals surface area contributed by atoms with Crippen LogP contribution in [-0.2, 0) is 4.74 Å². The Kier molecular flexibility index (Phi) is 4.36. The van der Waals surface area contributed by atoms with Gasteiger partial charge >= 0.3 is 0 Å². The molecule has 0 amide bonds. The summed E-state index contributed by atoms with van der Waals surface area (Å²) in [5, 5.41) is 3.14. The molecule has 0 bridgehead atoms. The molecule has 0 spiro atoms. The van der Waals surface area contributed by atoms with Crippen LogP contribution in [0.15, 0.2) is 18.2 Å². The molecule has 4 heteroatoms. The maximum atomic E-state index is 13.5. The number of hydrogen-bond acceptors (Lipinski definition) is 2. The Balaban J connectivity index is 2.76. The normalized spacial score (nSPS) is 14.7. The van der Waals surface area contributed by atoms with Gasteiger partial charge < -0.3 is 10.1 Å². The average Bonchev–Trinajstić information content (AvgIpc) is 2.23. The van der Waals surface area contributed by atoms with Crippen molar-refractivity contribution >= 4 is 17.3 Å². The first-order valence-corrected chi connectivity index (χ1v) is 5.17. The number of nitrogens with one attached hydrogen (secondary N) is 1. The lowest BCUT2D eigenvalue weighted by molar-refractivity contribution is 0.106. The summed E-state index contributed by atoms with van der Waals surface area (Å²) in [5.41, 5.74) is 0.402. The van der Waals surface area contributed by atoms with E-state index in [2.05, 4.69) is 5.32 Å². The number of methoxy groups -OCH3 is 1. The van der Waals surface area contributed by atoms with E-state index in [4.69, 9.17) is 16.3 Å². The van der Waals surface area contributed by atoms with Gasteiger partial charge in [-0.3, -0.25) is 0 Å². The molecule has 0 saturated heterocycles. The SMILES string of the molecule is COC(C)C(C)Nc1cccc(Cl)c1F. The second kappa shape index (κ2) is 5.33. The van der Waals surface area contributed by atoms with Gasteiger partial charge in [0.15, 0.2) is 5.82 Å². The fourth-order valence-corrected chi connectivity index (χ4v) is 1.36. The zero-order valence-electron chi connectivity index (χ0n) is 9.05. The molecule has 1 N–H and O–H groups in total. The summed E-state index contributed by atoms with van der Waals surface area (Å²) in [5.74, 6) is -0.422. The van der Waals surface area contributed by atoms with E-state index < -0.39 is 5.82 Å². The Labute approximate surface area is 94.4 Å². The van der Waals surface area contributed by atoms with Gasteiger partial charge in [0, 0.05) is 13.2 Å². The molecule has 0 fully saturated rings. The van der Waals surface area contributed by atoms with Crippen molar-refractivity contribution in [3.8, 4) is 0 Å². The van der Waals surface area contributed by atoms with Crippen LogP contribution in [0.2, 0.25) is 5.02 Å². The largest absolute Gasteiger partial charge is 0.380 e. The van der Waals surface area contributed by atoms with Gasteiger partial charge in [-0.1, -0.05) is 17.7 Å². The summed E-state index contributed by atoms with van der Waals surface area (Å²) in [6.07, 6.45) is 0.00313. The molecule has 2 atom stereocenters. The summed E-state index contributed by atoms with van der Waals surface area (Å²) in [6, 6.07) is 4.90. The Morgan fingerprint density at radius 1 is 1.40 bits per heavy atom. The number of halogens is 2. The van der Waals surface area contributed by atoms with Gasteiger partial charge in [-0.2, -0.15) is 0 Å². The van der Waals surface area contributed by atoms with Gasteiger partial charge in [-0.05, 0) is 26.0 Å². The molecule has 0 radical (unpaired) electrons. The first-order valence-electron chi connectivity index (χ1n) is 4.79. The molecule has 2 nitrogen and oxygen atoms in total. The zero-order chi connectivity index (χ0) is 11.4. The third-order valence-corrected chi connectivity index (χ3v) is 2.70. The van der Waals surface area contributed by atoms with E-state index in [1.54, 1.807) is 19.2 Å². The minimum Gasteiger partial charge on any atom is -0.380 e. The topological polar surface area (TPSA) is 21.3 Å². The fourth-order valence-electron chi connectivity index (χ4n) is 1.18. The van der Waals surface area contributed by atoms with E-state index >= 15 is 0 Å². The van der Waals surface area contributed by atoms with Gasteiger partial charge in [-0.25, -0.2) is 4.39 Å². The molecule has 2 unspecified atom stereocenters. The van der Waals surface area contributed by atoms with Crippen molar-refractivity contribution in [1.29, 1.82) is 0 Å². The van der Waals surface area contributed by atoms with Crippen molar-refractivity contribution in [3.63, 3.8) is 0 Å². The van der Waals surface area contributed by atoms with Crippen molar-refractivity contribution in [2.75, 3.05) is 12.4 Å². The summed E-state index contributed by atoms with van der Waals surface area (Å²) in [7, 11) is 1.62. The lowest BCUT2D eigenvalue weighted by Crippen LogP contribution is -2.30. The second-order valence-electron chi connectivity index (χ2n) is 3.48. The molecule has 15 heavy (non-hydrogen) atoms. The predicted octanol–water partition coefficient (Wildman–Crippen LogP) is 3.31. The van der Waals surface area contributed by atoms with Crippen LogP contribution in [0.25, 0.3) is 0 Å². The Morgan fingerprint density at radius 3 is 2.67 bits per heavy atom. The van der Waals surface area contributed by atoms with E-state index in [1.807, 2.05) is 13.8 Å². The van der Waals surface area contributed by atoms with Crippen molar-refractivity contribution in [2.24, 2.45) is 0 Å². The highest BCUT2D eigenvalue weighted by Crippen LogP contribution is 2.23. The quantitative estimate of drug-likeness (QED) is 0.859. The summed E-state index contributed by atoms with van der Waals surface area (Å²) in [6.45, 7) is 3.84. The van der Waals surface area contributed by atoms with E-state index in [0.717, 1.165) is 0 Å². The minimum atomic E-state index is -0.422. The van der Waals surface area contributed by atoms with Crippen molar-refractivity contribution in [1.82, 2.24) is 0 Å². The molecule has 0 aromatic heterocycles. The Hall–Kier alpha value is -0.800. The molecule has 84 valence electrons. The number of benzene rings is 1. The van der Waals surface area contributed by atoms with Crippen molar-refractivity contribution in [3.05, 3.63) is 29.0 Å². The second-order valence-corrected chi connectivity index (χ2v) is 3.88. The third-order valence-electron chi connectivity index (χ3n) is 2.41. The minimum absolute atomic E-state index is 0.00313. The van der Waals surface area contributed by atoms with Crippen LogP contribution in [0.3, 0.4) is 0 Å². The number of rotatable bonds is 4. The monoisotopic (exact) mass is 231 g/mol. The van der Waals surface area contributed by atoms with Crippen LogP contribution in [0.1, 0.15) is 13.8 Å². The van der Waals surface area contributed by atoms with Crippen LogP contribution in [0, 0.1) is 5.82 Å². The summed E-state index contributed by atoms with van der Waals surface area (Å²) < 4.78 is 18.6. The van der Waals surface area contributed by atoms with Gasteiger partial charge in [-0.15, -0.1) is 0 Å². The fraction of sp³-hybridized carbons (Fsp3) is 0.455. The molecular formula is C11H15ClFNO. The van der Waals surface area contributed by atoms with E-state index in [0.29, 0.717) is 5.69 Å². The molecule has 1 rings (SSSR count). The number of ether oxygens (including phenoxy) is 1. The Bertz CT molecular complexity index is 332. The van der Waals surface area contributed by atoms with Crippen LogP contribution in [-0.4, -0.2) is 19.3 Å². The van der Waals surface area contributed by atoms with Gasteiger partial charge in [0.25, 0.3) is 0 Å². The first kappa shape index (κ1) is 12.3. The third kappa shape index (κ3) is 3.08. The lowest BCUT2D eigenvalue weighted by atomic mass is 10.2. The maximum absolute atomic E-state index is 13.5. The Morgan fingerprint density at radius 2 is 2.07 bits per heavy atom. The molecule has 0 aliphatic carbocycles. The van der Waals surface area contributed by atoms with Crippen LogP contribution in [0.4, 0.5) is 10.1 Å². The zero-order valence-corrected chi connectivity index (χ0v) is 9.81. The highest BCUT2D eigenvalue weighted by molar-refractivity contribution is 6.31. The van der Waals surface area contributed by atoms with Gasteiger partial charge in [0.1, 0.15) is 0 Å². The molecule has 0 heterocycles. The molecule has 0 aliphatic heterocycles. The molecular weight excluding hydrogens is 217 g/mol. The van der Waals surface area contributed by atoms with E-state index in [9.17, 15) is 4.39 Å². The van der Waals surface area contributed by atoms with Gasteiger partial charge in [0.05, 0.1) is 16.8 Å². The average molecular weight is 232 g/mol. The van der Waals surface area contributed by atoms with Crippen LogP contribution < -0.4 is 5.32 Å². The molecule has 0 aliphatic rings. The highest BCUT2D eigenvalue weighted by atomic mass is 35.5. The predicted molar refractivity (Wildman–Crippen MR) is 61.0 cm³/mol. The van der Waals surface area contributed by atoms with Crippen molar-refractivity contribution in [2.45, 2.75) is 26.0 Å². The number of anilines is 1. The van der Waals surface area contributed by atoms with E-state index in [-0.39, 0.29) is 17.2 Å². The maximum Gasteiger partial charge on any atom is 0.164 e. The number of hydrogen-bond donors (Lipinski definition) is 1. The lowest BCUT2D eigenvalue weighted by Gasteiger charge is -2.21. The van der Waals surface area contributed by atoms with Crippen molar-refractivity contribution < 1.29 is 9.13 Å². The highest BCUT2D eigenvalue weighted by Gasteiger charge is 2.13.